The van der Waals surface area contributed by atoms with Crippen LogP contribution in [0.25, 0.3) is 50.7 Å². The van der Waals surface area contributed by atoms with Gasteiger partial charge >= 0.3 is 0 Å². The number of imidazole rings is 2. The van der Waals surface area contributed by atoms with Crippen LogP contribution in [0.1, 0.15) is 123 Å². The Balaban J connectivity index is 0.000000128. The maximum absolute atomic E-state index is 12.5. The molecule has 6 heterocycles. The zero-order valence-corrected chi connectivity index (χ0v) is 49.7. The molecule has 3 amide bonds. The SMILES string of the molecule is Cc1ccc(C(=O)NC2CC2)cc1-c1cn(-c2cncc(C3CC3)c2)cn1.Cc1ccc(C(=O)NC2CC2)cc1-c1cn(-c2cncc(N(C)C)c2)cn1.Cc1ccc(C(=O)NC2CC2)cc1-c1cnn(-c2cncc(OC3CC(CO)(CO)C3)c2)c1. The van der Waals surface area contributed by atoms with Gasteiger partial charge in [0.05, 0.1) is 97.2 Å². The highest BCUT2D eigenvalue weighted by atomic mass is 16.5. The van der Waals surface area contributed by atoms with Gasteiger partial charge in [0.15, 0.2) is 0 Å². The highest BCUT2D eigenvalue weighted by Crippen LogP contribution is 2.43. The molecule has 0 saturated heterocycles. The van der Waals surface area contributed by atoms with Crippen molar-refractivity contribution < 1.29 is 29.3 Å². The highest BCUT2D eigenvalue weighted by Gasteiger charge is 2.45. The molecule has 6 aromatic heterocycles. The van der Waals surface area contributed by atoms with Crippen LogP contribution < -0.4 is 25.6 Å². The van der Waals surface area contributed by atoms with Gasteiger partial charge < -0.3 is 44.9 Å². The van der Waals surface area contributed by atoms with E-state index in [-0.39, 0.29) is 37.0 Å². The fourth-order valence-corrected chi connectivity index (χ4v) is 10.6. The Morgan fingerprint density at radius 3 is 1.55 bits per heavy atom. The molecule has 14 rings (SSSR count). The molecule has 5 aliphatic carbocycles. The lowest BCUT2D eigenvalue weighted by atomic mass is 9.68. The molecular formula is C68H73N13O6. The first-order valence-electron chi connectivity index (χ1n) is 30.0. The number of carbonyl (C=O) groups excluding carboxylic acids is 3. The quantitative estimate of drug-likeness (QED) is 0.0539. The van der Waals surface area contributed by atoms with Crippen molar-refractivity contribution in [3.05, 3.63) is 186 Å². The lowest BCUT2D eigenvalue weighted by molar-refractivity contribution is -0.0813. The number of aromatic nitrogens is 9. The molecule has 5 N–H and O–H groups in total. The summed E-state index contributed by atoms with van der Waals surface area (Å²) in [6, 6.07) is 24.5. The van der Waals surface area contributed by atoms with E-state index in [1.807, 2.05) is 159 Å². The maximum atomic E-state index is 12.5. The van der Waals surface area contributed by atoms with Crippen LogP contribution >= 0.6 is 0 Å². The number of pyridine rings is 3. The van der Waals surface area contributed by atoms with Gasteiger partial charge in [0.2, 0.25) is 0 Å². The number of hydrogen-bond acceptors (Lipinski definition) is 13. The molecule has 0 bridgehead atoms. The Hall–Kier alpha value is -9.33. The number of carbonyl (C=O) groups is 3. The van der Waals surface area contributed by atoms with Crippen molar-refractivity contribution in [2.45, 2.75) is 115 Å². The maximum Gasteiger partial charge on any atom is 0.251 e. The Kier molecular flexibility index (Phi) is 16.6. The molecule has 5 aliphatic rings. The van der Waals surface area contributed by atoms with Gasteiger partial charge in [-0.3, -0.25) is 29.3 Å². The Bertz CT molecular complexity index is 3810. The van der Waals surface area contributed by atoms with E-state index >= 15 is 0 Å². The van der Waals surface area contributed by atoms with E-state index in [0.717, 1.165) is 112 Å². The van der Waals surface area contributed by atoms with Crippen LogP contribution in [0.15, 0.2) is 147 Å². The number of aliphatic hydroxyl groups is 2. The molecule has 0 spiro atoms. The van der Waals surface area contributed by atoms with Gasteiger partial charge in [0.1, 0.15) is 11.9 Å². The van der Waals surface area contributed by atoms with Crippen LogP contribution in [-0.4, -0.2) is 123 Å². The third kappa shape index (κ3) is 14.0. The van der Waals surface area contributed by atoms with E-state index < -0.39 is 5.41 Å². The summed E-state index contributed by atoms with van der Waals surface area (Å²) in [7, 11) is 3.98. The number of anilines is 1. The van der Waals surface area contributed by atoms with E-state index in [9.17, 15) is 24.6 Å². The number of benzene rings is 3. The number of ether oxygens (including phenoxy) is 1. The molecule has 0 aliphatic heterocycles. The molecule has 19 heteroatoms. The smallest absolute Gasteiger partial charge is 0.251 e. The van der Waals surface area contributed by atoms with Crippen molar-refractivity contribution >= 4 is 23.4 Å². The second-order valence-electron chi connectivity index (χ2n) is 24.2. The fourth-order valence-electron chi connectivity index (χ4n) is 10.6. The van der Waals surface area contributed by atoms with Crippen molar-refractivity contribution in [2.75, 3.05) is 32.2 Å². The van der Waals surface area contributed by atoms with Gasteiger partial charge in [0, 0.05) is 102 Å². The molecule has 87 heavy (non-hydrogen) atoms. The Morgan fingerprint density at radius 1 is 0.563 bits per heavy atom. The molecule has 9 aromatic rings. The van der Waals surface area contributed by atoms with E-state index in [4.69, 9.17) is 4.74 Å². The van der Waals surface area contributed by atoms with Gasteiger partial charge in [0.25, 0.3) is 17.7 Å². The Labute approximate surface area is 505 Å². The van der Waals surface area contributed by atoms with E-state index in [1.54, 1.807) is 29.6 Å². The first kappa shape index (κ1) is 58.1. The minimum Gasteiger partial charge on any atom is -0.489 e. The molecule has 5 saturated carbocycles. The molecule has 3 aromatic carbocycles. The number of nitrogens with zero attached hydrogens (tertiary/aromatic N) is 10. The molecule has 0 unspecified atom stereocenters. The summed E-state index contributed by atoms with van der Waals surface area (Å²) in [6.45, 7) is 6.02. The highest BCUT2D eigenvalue weighted by molar-refractivity contribution is 5.97. The van der Waals surface area contributed by atoms with E-state index in [2.05, 4.69) is 58.1 Å². The lowest BCUT2D eigenvalue weighted by Crippen LogP contribution is -2.48. The van der Waals surface area contributed by atoms with Crippen LogP contribution in [0.2, 0.25) is 0 Å². The van der Waals surface area contributed by atoms with Crippen molar-refractivity contribution in [1.29, 1.82) is 0 Å². The zero-order valence-electron chi connectivity index (χ0n) is 49.7. The van der Waals surface area contributed by atoms with Crippen LogP contribution in [-0.2, 0) is 0 Å². The van der Waals surface area contributed by atoms with Crippen LogP contribution in [0.5, 0.6) is 5.75 Å². The molecule has 5 fully saturated rings. The van der Waals surface area contributed by atoms with E-state index in [1.165, 1.54) is 18.4 Å². The van der Waals surface area contributed by atoms with Crippen molar-refractivity contribution in [3.8, 4) is 56.5 Å². The topological polar surface area (TPSA) is 232 Å². The molecule has 446 valence electrons. The number of aliphatic hydroxyl groups excluding tert-OH is 2. The monoisotopic (exact) mass is 1170 g/mol. The summed E-state index contributed by atoms with van der Waals surface area (Å²) >= 11 is 0. The number of hydrogen-bond donors (Lipinski definition) is 5. The predicted molar refractivity (Wildman–Crippen MR) is 333 cm³/mol. The van der Waals surface area contributed by atoms with Gasteiger partial charge in [-0.1, -0.05) is 18.2 Å². The summed E-state index contributed by atoms with van der Waals surface area (Å²) in [4.78, 5) is 61.4. The summed E-state index contributed by atoms with van der Waals surface area (Å²) in [5.41, 5.74) is 15.4. The van der Waals surface area contributed by atoms with Crippen molar-refractivity contribution in [1.82, 2.24) is 59.8 Å². The minimum atomic E-state index is -0.436. The number of amides is 3. The van der Waals surface area contributed by atoms with Crippen LogP contribution in [0, 0.1) is 26.2 Å². The molecule has 0 radical (unpaired) electrons. The summed E-state index contributed by atoms with van der Waals surface area (Å²) in [5, 5.41) is 32.5. The summed E-state index contributed by atoms with van der Waals surface area (Å²) in [5.74, 6) is 1.24. The van der Waals surface area contributed by atoms with Crippen molar-refractivity contribution in [2.24, 2.45) is 5.41 Å². The first-order valence-corrected chi connectivity index (χ1v) is 30.0. The molecule has 19 nitrogen and oxygen atoms in total. The second-order valence-corrected chi connectivity index (χ2v) is 24.2. The number of rotatable bonds is 18. The summed E-state index contributed by atoms with van der Waals surface area (Å²) in [6.07, 6.45) is 32.2. The van der Waals surface area contributed by atoms with Crippen molar-refractivity contribution in [3.63, 3.8) is 0 Å². The minimum absolute atomic E-state index is 0.000447. The van der Waals surface area contributed by atoms with Gasteiger partial charge in [-0.25, -0.2) is 14.6 Å². The fraction of sp³-hybridized carbons (Fsp3) is 0.338. The van der Waals surface area contributed by atoms with Gasteiger partial charge in [-0.15, -0.1) is 0 Å². The van der Waals surface area contributed by atoms with Gasteiger partial charge in [-0.2, -0.15) is 5.10 Å². The molecular weight excluding hydrogens is 1090 g/mol. The molecule has 0 atom stereocenters. The van der Waals surface area contributed by atoms with Crippen LogP contribution in [0.4, 0.5) is 5.69 Å². The number of nitrogens with one attached hydrogen (secondary N) is 3. The normalized spacial score (nSPS) is 15.9. The zero-order chi connectivity index (χ0) is 60.3. The summed E-state index contributed by atoms with van der Waals surface area (Å²) < 4.78 is 11.7. The first-order chi connectivity index (χ1) is 42.2. The average Bonchev–Trinajstić information content (AvgIpc) is 2.92. The number of aryl methyl sites for hydroxylation is 3. The average molecular weight is 1170 g/mol. The van der Waals surface area contributed by atoms with E-state index in [0.29, 0.717) is 59.3 Å². The third-order valence-electron chi connectivity index (χ3n) is 16.7. The predicted octanol–water partition coefficient (Wildman–Crippen LogP) is 9.86. The second kappa shape index (κ2) is 24.9. The van der Waals surface area contributed by atoms with Crippen LogP contribution in [0.3, 0.4) is 0 Å². The third-order valence-corrected chi connectivity index (χ3v) is 16.7. The standard InChI is InChI=1S/C25H28N4O4.C22H22N4O.C21H23N5O/c1-16-2-3-17(24(32)28-19-4-5-19)6-23(16)18-10-27-29(13-18)20-7-21(12-26-11-20)33-22-8-25(9-22,14-30)15-31;1-14-2-3-16(22(27)25-18-6-7-18)9-20(14)21-12-26(13-24-21)19-8-17(10-23-11-19)15-4-5-15;1-14-4-5-15(21(27)24-16-6-7-16)8-19(14)20-12-26(13-23-20)18-9-17(25(2)3)10-22-11-18/h2-3,6-7,10-13,19,22,30-31H,4-5,8-9,14-15H2,1H3,(H,28,32);2-3,8-13,15,18H,4-7H2,1H3,(H,25,27);4-5,8-13,16H,6-7H2,1-3H3,(H,24,27). The lowest BCUT2D eigenvalue weighted by Gasteiger charge is -2.44. The largest absolute Gasteiger partial charge is 0.489 e. The Morgan fingerprint density at radius 2 is 1.05 bits per heavy atom. The van der Waals surface area contributed by atoms with Gasteiger partial charge in [-0.05, 0) is 167 Å².